The Morgan fingerprint density at radius 1 is 0.706 bits per heavy atom. The number of sulfonamides is 1. The van der Waals surface area contributed by atoms with Gasteiger partial charge in [0.25, 0.3) is 15.9 Å². The molecule has 0 unspecified atom stereocenters. The van der Waals surface area contributed by atoms with Gasteiger partial charge in [-0.05, 0) is 89.5 Å². The summed E-state index contributed by atoms with van der Waals surface area (Å²) in [5.41, 5.74) is 2.70. The van der Waals surface area contributed by atoms with Crippen molar-refractivity contribution in [2.45, 2.75) is 30.4 Å². The fourth-order valence-corrected chi connectivity index (χ4v) is 6.27. The van der Waals surface area contributed by atoms with Gasteiger partial charge in [0.15, 0.2) is 6.61 Å². The Bertz CT molecular complexity index is 1990. The Morgan fingerprint density at radius 2 is 1.27 bits per heavy atom. The first-order valence-electron chi connectivity index (χ1n) is 16.0. The minimum Gasteiger partial charge on any atom is -0.497 e. The summed E-state index contributed by atoms with van der Waals surface area (Å²) < 4.78 is 57.8. The fraction of sp³-hybridized carbons (Fsp3) is 0.179. The molecule has 0 aliphatic carbocycles. The van der Waals surface area contributed by atoms with Crippen LogP contribution in [0.1, 0.15) is 16.7 Å². The van der Waals surface area contributed by atoms with Crippen molar-refractivity contribution in [1.82, 2.24) is 10.2 Å². The quantitative estimate of drug-likeness (QED) is 0.129. The van der Waals surface area contributed by atoms with Crippen molar-refractivity contribution in [1.29, 1.82) is 0 Å². The number of hydrogen-bond donors (Lipinski definition) is 2. The average molecular weight is 712 g/mol. The molecule has 0 bridgehead atoms. The predicted octanol–water partition coefficient (Wildman–Crippen LogP) is 5.98. The molecule has 5 rings (SSSR count). The van der Waals surface area contributed by atoms with E-state index in [1.165, 1.54) is 41.3 Å². The van der Waals surface area contributed by atoms with Crippen LogP contribution in [0.4, 0.5) is 10.1 Å². The number of ether oxygens (including phenoxy) is 3. The molecular formula is C39H38FN3O7S. The van der Waals surface area contributed by atoms with E-state index in [1.54, 1.807) is 26.4 Å². The molecule has 0 fully saturated rings. The third-order valence-corrected chi connectivity index (χ3v) is 9.40. The second-order valence-electron chi connectivity index (χ2n) is 11.5. The van der Waals surface area contributed by atoms with Crippen LogP contribution in [0, 0.1) is 5.82 Å². The summed E-state index contributed by atoms with van der Waals surface area (Å²) >= 11 is 0. The number of benzene rings is 5. The van der Waals surface area contributed by atoms with Crippen LogP contribution in [-0.4, -0.2) is 52.0 Å². The second kappa shape index (κ2) is 17.2. The van der Waals surface area contributed by atoms with Crippen molar-refractivity contribution >= 4 is 27.5 Å². The fourth-order valence-electron chi connectivity index (χ4n) is 5.21. The van der Waals surface area contributed by atoms with Gasteiger partial charge in [0, 0.05) is 25.2 Å². The Balaban J connectivity index is 1.35. The number of amides is 2. The number of hydrogen-bond acceptors (Lipinski definition) is 7. The molecule has 0 radical (unpaired) electrons. The molecule has 10 nitrogen and oxygen atoms in total. The van der Waals surface area contributed by atoms with E-state index in [0.717, 1.165) is 28.8 Å². The minimum atomic E-state index is -3.97. The summed E-state index contributed by atoms with van der Waals surface area (Å²) in [5, 5.41) is 2.99. The van der Waals surface area contributed by atoms with Gasteiger partial charge in [0.1, 0.15) is 29.1 Å². The molecule has 0 aromatic heterocycles. The van der Waals surface area contributed by atoms with Gasteiger partial charge in [-0.15, -0.1) is 0 Å². The van der Waals surface area contributed by atoms with Crippen molar-refractivity contribution in [2.24, 2.45) is 0 Å². The van der Waals surface area contributed by atoms with Gasteiger partial charge in [-0.25, -0.2) is 12.8 Å². The van der Waals surface area contributed by atoms with E-state index in [4.69, 9.17) is 14.2 Å². The molecule has 1 atom stereocenters. The third-order valence-electron chi connectivity index (χ3n) is 8.00. The Kier molecular flexibility index (Phi) is 12.3. The lowest BCUT2D eigenvalue weighted by Crippen LogP contribution is -2.51. The maximum Gasteiger partial charge on any atom is 0.261 e. The number of nitrogens with one attached hydrogen (secondary N) is 2. The zero-order valence-corrected chi connectivity index (χ0v) is 28.9. The maximum absolute atomic E-state index is 14.0. The summed E-state index contributed by atoms with van der Waals surface area (Å²) in [6.45, 7) is -0.0839. The number of methoxy groups -OCH3 is 2. The van der Waals surface area contributed by atoms with Gasteiger partial charge >= 0.3 is 0 Å². The molecule has 2 amide bonds. The molecule has 12 heteroatoms. The van der Waals surface area contributed by atoms with Gasteiger partial charge in [0.05, 0.1) is 19.1 Å². The van der Waals surface area contributed by atoms with E-state index in [2.05, 4.69) is 10.0 Å². The predicted molar refractivity (Wildman–Crippen MR) is 191 cm³/mol. The number of carbonyl (C=O) groups is 2. The lowest BCUT2D eigenvalue weighted by molar-refractivity contribution is -0.142. The largest absolute Gasteiger partial charge is 0.497 e. The van der Waals surface area contributed by atoms with Crippen molar-refractivity contribution in [3.63, 3.8) is 0 Å². The summed E-state index contributed by atoms with van der Waals surface area (Å²) in [7, 11) is -0.824. The van der Waals surface area contributed by atoms with Crippen LogP contribution in [0.3, 0.4) is 0 Å². The highest BCUT2D eigenvalue weighted by Crippen LogP contribution is 2.22. The molecule has 0 aliphatic heterocycles. The summed E-state index contributed by atoms with van der Waals surface area (Å²) in [6.07, 6.45) is 0.241. The zero-order valence-electron chi connectivity index (χ0n) is 28.1. The SMILES string of the molecule is COc1ccc(CNC(=O)[C@@H](Cc2ccccc2)N(Cc2ccc(OC)cc2)C(=O)COc2ccc(S(=O)(=O)Nc3ccc(F)cc3)cc2)cc1. The van der Waals surface area contributed by atoms with Crippen LogP contribution >= 0.6 is 0 Å². The van der Waals surface area contributed by atoms with Gasteiger partial charge < -0.3 is 24.4 Å². The molecule has 0 saturated heterocycles. The van der Waals surface area contributed by atoms with Gasteiger partial charge in [-0.1, -0.05) is 54.6 Å². The highest BCUT2D eigenvalue weighted by molar-refractivity contribution is 7.92. The standard InChI is InChI=1S/C39H38FN3O7S/c1-48-33-16-8-29(9-17-33)25-41-39(45)37(24-28-6-4-3-5-7-28)43(26-30-10-18-34(49-2)19-11-30)38(44)27-50-35-20-22-36(23-21-35)51(46,47)42-32-14-12-31(40)13-15-32/h3-23,37,42H,24-27H2,1-2H3,(H,41,45)/t37-/m1/s1. The van der Waals surface area contributed by atoms with Gasteiger partial charge in [0.2, 0.25) is 5.91 Å². The van der Waals surface area contributed by atoms with Crippen LogP contribution in [0.15, 0.2) is 132 Å². The van der Waals surface area contributed by atoms with Crippen LogP contribution in [0.2, 0.25) is 0 Å². The van der Waals surface area contributed by atoms with Gasteiger partial charge in [-0.3, -0.25) is 14.3 Å². The van der Waals surface area contributed by atoms with E-state index < -0.39 is 34.4 Å². The molecule has 2 N–H and O–H groups in total. The van der Waals surface area contributed by atoms with E-state index in [-0.39, 0.29) is 41.7 Å². The molecule has 51 heavy (non-hydrogen) atoms. The van der Waals surface area contributed by atoms with Crippen molar-refractivity contribution in [2.75, 3.05) is 25.5 Å². The molecule has 0 aliphatic rings. The smallest absolute Gasteiger partial charge is 0.261 e. The maximum atomic E-state index is 14.0. The molecule has 0 heterocycles. The van der Waals surface area contributed by atoms with E-state index in [0.29, 0.717) is 11.5 Å². The highest BCUT2D eigenvalue weighted by Gasteiger charge is 2.31. The third kappa shape index (κ3) is 10.3. The van der Waals surface area contributed by atoms with Crippen molar-refractivity contribution in [3.8, 4) is 17.2 Å². The van der Waals surface area contributed by atoms with E-state index >= 15 is 0 Å². The number of halogens is 1. The number of nitrogens with zero attached hydrogens (tertiary/aromatic N) is 1. The molecule has 0 saturated carbocycles. The number of anilines is 1. The lowest BCUT2D eigenvalue weighted by atomic mass is 10.0. The molecule has 5 aromatic carbocycles. The number of rotatable bonds is 16. The second-order valence-corrected chi connectivity index (χ2v) is 13.2. The average Bonchev–Trinajstić information content (AvgIpc) is 3.16. The Morgan fingerprint density at radius 3 is 1.86 bits per heavy atom. The Hall–Kier alpha value is -5.88. The lowest BCUT2D eigenvalue weighted by Gasteiger charge is -2.31. The molecule has 264 valence electrons. The minimum absolute atomic E-state index is 0.0527. The van der Waals surface area contributed by atoms with Crippen LogP contribution in [-0.2, 0) is 39.1 Å². The van der Waals surface area contributed by atoms with Crippen LogP contribution in [0.5, 0.6) is 17.2 Å². The normalized spacial score (nSPS) is 11.6. The monoisotopic (exact) mass is 711 g/mol. The first-order valence-corrected chi connectivity index (χ1v) is 17.5. The van der Waals surface area contributed by atoms with E-state index in [9.17, 15) is 22.4 Å². The summed E-state index contributed by atoms with van der Waals surface area (Å²) in [6, 6.07) is 33.6. The first-order chi connectivity index (χ1) is 24.6. The van der Waals surface area contributed by atoms with Crippen molar-refractivity contribution in [3.05, 3.63) is 150 Å². The van der Waals surface area contributed by atoms with Crippen LogP contribution in [0.25, 0.3) is 0 Å². The highest BCUT2D eigenvalue weighted by atomic mass is 32.2. The summed E-state index contributed by atoms with van der Waals surface area (Å²) in [4.78, 5) is 29.4. The zero-order chi connectivity index (χ0) is 36.2. The number of carbonyl (C=O) groups excluding carboxylic acids is 2. The topological polar surface area (TPSA) is 123 Å². The molecular weight excluding hydrogens is 674 g/mol. The molecule has 5 aromatic rings. The summed E-state index contributed by atoms with van der Waals surface area (Å²) in [5.74, 6) is 0.299. The molecule has 0 spiro atoms. The first kappa shape index (κ1) is 36.4. The Labute approximate surface area is 296 Å². The van der Waals surface area contributed by atoms with Crippen molar-refractivity contribution < 1.29 is 36.6 Å². The van der Waals surface area contributed by atoms with Gasteiger partial charge in [-0.2, -0.15) is 0 Å². The van der Waals surface area contributed by atoms with Crippen LogP contribution < -0.4 is 24.2 Å². The van der Waals surface area contributed by atoms with E-state index in [1.807, 2.05) is 66.7 Å².